The first-order valence-corrected chi connectivity index (χ1v) is 8.74. The summed E-state index contributed by atoms with van der Waals surface area (Å²) in [6.07, 6.45) is 2.50. The van der Waals surface area contributed by atoms with Crippen LogP contribution in [-0.2, 0) is 10.0 Å². The minimum atomic E-state index is -3.37. The summed E-state index contributed by atoms with van der Waals surface area (Å²) in [5, 5.41) is 0. The summed E-state index contributed by atoms with van der Waals surface area (Å²) in [6.45, 7) is 7.62. The van der Waals surface area contributed by atoms with Crippen LogP contribution in [0.15, 0.2) is 29.2 Å². The monoisotopic (exact) mass is 296 g/mol. The fourth-order valence-electron chi connectivity index (χ4n) is 2.63. The van der Waals surface area contributed by atoms with Crippen molar-refractivity contribution in [2.45, 2.75) is 31.6 Å². The number of benzene rings is 1. The topological polar surface area (TPSA) is 49.4 Å². The number of nitrogens with zero attached hydrogens (tertiary/aromatic N) is 1. The third-order valence-electron chi connectivity index (χ3n) is 3.79. The predicted octanol–water partition coefficient (Wildman–Crippen LogP) is 2.01. The van der Waals surface area contributed by atoms with Crippen molar-refractivity contribution in [3.63, 3.8) is 0 Å². The van der Waals surface area contributed by atoms with E-state index in [0.29, 0.717) is 11.4 Å². The Morgan fingerprint density at radius 1 is 1.30 bits per heavy atom. The molecule has 1 N–H and O–H groups in total. The van der Waals surface area contributed by atoms with Crippen LogP contribution >= 0.6 is 0 Å². The second kappa shape index (κ2) is 6.70. The first kappa shape index (κ1) is 15.5. The molecule has 0 bridgehead atoms. The Morgan fingerprint density at radius 3 is 2.65 bits per heavy atom. The maximum atomic E-state index is 12.1. The van der Waals surface area contributed by atoms with Gasteiger partial charge in [-0.1, -0.05) is 24.6 Å². The van der Waals surface area contributed by atoms with Crippen molar-refractivity contribution in [1.29, 1.82) is 0 Å². The van der Waals surface area contributed by atoms with Gasteiger partial charge in [-0.2, -0.15) is 0 Å². The minimum Gasteiger partial charge on any atom is -0.302 e. The summed E-state index contributed by atoms with van der Waals surface area (Å²) in [5.74, 6) is 0.720. The lowest BCUT2D eigenvalue weighted by Gasteiger charge is -2.30. The summed E-state index contributed by atoms with van der Waals surface area (Å²) in [6, 6.07) is 6.95. The van der Waals surface area contributed by atoms with Gasteiger partial charge >= 0.3 is 0 Å². The lowest BCUT2D eigenvalue weighted by molar-refractivity contribution is 0.187. The number of rotatable bonds is 5. The third kappa shape index (κ3) is 4.30. The molecule has 1 aliphatic rings. The van der Waals surface area contributed by atoms with E-state index in [1.54, 1.807) is 12.1 Å². The summed E-state index contributed by atoms with van der Waals surface area (Å²) in [5.41, 5.74) is 1.06. The van der Waals surface area contributed by atoms with Gasteiger partial charge < -0.3 is 4.90 Å². The number of hydrogen-bond acceptors (Lipinski definition) is 3. The highest BCUT2D eigenvalue weighted by Crippen LogP contribution is 2.15. The zero-order valence-electron chi connectivity index (χ0n) is 12.3. The van der Waals surface area contributed by atoms with Gasteiger partial charge in [0.1, 0.15) is 0 Å². The largest absolute Gasteiger partial charge is 0.302 e. The highest BCUT2D eigenvalue weighted by atomic mass is 32.2. The van der Waals surface area contributed by atoms with Crippen LogP contribution in [0.1, 0.15) is 25.3 Å². The van der Waals surface area contributed by atoms with E-state index in [1.807, 2.05) is 19.1 Å². The summed E-state index contributed by atoms with van der Waals surface area (Å²) in [7, 11) is -3.37. The van der Waals surface area contributed by atoms with Gasteiger partial charge in [-0.25, -0.2) is 13.1 Å². The molecular formula is C15H24N2O2S. The predicted molar refractivity (Wildman–Crippen MR) is 81.2 cm³/mol. The third-order valence-corrected chi connectivity index (χ3v) is 5.27. The quantitative estimate of drug-likeness (QED) is 0.904. The average molecular weight is 296 g/mol. The molecule has 1 saturated heterocycles. The van der Waals surface area contributed by atoms with Gasteiger partial charge in [-0.05, 0) is 44.4 Å². The number of aryl methyl sites for hydroxylation is 1. The first-order chi connectivity index (χ1) is 9.47. The van der Waals surface area contributed by atoms with Crippen LogP contribution in [0.4, 0.5) is 0 Å². The average Bonchev–Trinajstić information content (AvgIpc) is 2.39. The minimum absolute atomic E-state index is 0.343. The van der Waals surface area contributed by atoms with E-state index in [-0.39, 0.29) is 0 Å². The first-order valence-electron chi connectivity index (χ1n) is 7.26. The smallest absolute Gasteiger partial charge is 0.240 e. The Balaban J connectivity index is 1.85. The molecule has 1 atom stereocenters. The molecule has 0 saturated carbocycles. The van der Waals surface area contributed by atoms with Gasteiger partial charge in [0.2, 0.25) is 10.0 Å². The molecule has 0 radical (unpaired) electrons. The molecule has 1 unspecified atom stereocenters. The Hall–Kier alpha value is -0.910. The second-order valence-electron chi connectivity index (χ2n) is 5.76. The van der Waals surface area contributed by atoms with Gasteiger partial charge in [0.05, 0.1) is 4.90 Å². The van der Waals surface area contributed by atoms with Crippen molar-refractivity contribution in [1.82, 2.24) is 9.62 Å². The number of sulfonamides is 1. The van der Waals surface area contributed by atoms with Crippen molar-refractivity contribution in [2.75, 3.05) is 26.2 Å². The van der Waals surface area contributed by atoms with Crippen LogP contribution in [0, 0.1) is 12.8 Å². The van der Waals surface area contributed by atoms with Crippen molar-refractivity contribution in [2.24, 2.45) is 5.92 Å². The van der Waals surface area contributed by atoms with E-state index in [4.69, 9.17) is 0 Å². The van der Waals surface area contributed by atoms with Gasteiger partial charge in [0.25, 0.3) is 0 Å². The van der Waals surface area contributed by atoms with Crippen molar-refractivity contribution in [3.8, 4) is 0 Å². The Bertz CT molecular complexity index is 525. The Morgan fingerprint density at radius 2 is 2.00 bits per heavy atom. The lowest BCUT2D eigenvalue weighted by Crippen LogP contribution is -2.40. The summed E-state index contributed by atoms with van der Waals surface area (Å²) >= 11 is 0. The van der Waals surface area contributed by atoms with Crippen LogP contribution in [0.3, 0.4) is 0 Å². The highest BCUT2D eigenvalue weighted by Gasteiger charge is 2.17. The molecule has 1 heterocycles. The van der Waals surface area contributed by atoms with Crippen LogP contribution in [0.2, 0.25) is 0 Å². The van der Waals surface area contributed by atoms with Crippen LogP contribution in [-0.4, -0.2) is 39.5 Å². The molecule has 0 aromatic heterocycles. The highest BCUT2D eigenvalue weighted by molar-refractivity contribution is 7.89. The fraction of sp³-hybridized carbons (Fsp3) is 0.600. The number of piperidine rings is 1. The molecule has 1 fully saturated rings. The van der Waals surface area contributed by atoms with Crippen molar-refractivity contribution < 1.29 is 8.42 Å². The molecule has 4 nitrogen and oxygen atoms in total. The molecule has 1 aromatic carbocycles. The van der Waals surface area contributed by atoms with Gasteiger partial charge in [0.15, 0.2) is 0 Å². The molecule has 20 heavy (non-hydrogen) atoms. The van der Waals surface area contributed by atoms with Gasteiger partial charge in [-0.15, -0.1) is 0 Å². The van der Waals surface area contributed by atoms with E-state index in [9.17, 15) is 8.42 Å². The number of nitrogens with one attached hydrogen (secondary N) is 1. The standard InChI is InChI=1S/C15H24N2O2S/c1-13-5-7-15(8-6-13)20(18,19)16-9-11-17-10-3-4-14(2)12-17/h5-8,14,16H,3-4,9-12H2,1-2H3. The molecule has 2 rings (SSSR count). The summed E-state index contributed by atoms with van der Waals surface area (Å²) < 4.78 is 26.9. The van der Waals surface area contributed by atoms with Crippen LogP contribution in [0.5, 0.6) is 0 Å². The van der Waals surface area contributed by atoms with Crippen LogP contribution < -0.4 is 4.72 Å². The van der Waals surface area contributed by atoms with Crippen molar-refractivity contribution >= 4 is 10.0 Å². The fourth-order valence-corrected chi connectivity index (χ4v) is 3.65. The molecule has 112 valence electrons. The molecule has 1 aliphatic heterocycles. The van der Waals surface area contributed by atoms with E-state index < -0.39 is 10.0 Å². The van der Waals surface area contributed by atoms with Crippen molar-refractivity contribution in [3.05, 3.63) is 29.8 Å². The number of hydrogen-bond donors (Lipinski definition) is 1. The van der Waals surface area contributed by atoms with Crippen LogP contribution in [0.25, 0.3) is 0 Å². The Kier molecular flexibility index (Phi) is 5.18. The maximum absolute atomic E-state index is 12.1. The maximum Gasteiger partial charge on any atom is 0.240 e. The number of likely N-dealkylation sites (tertiary alicyclic amines) is 1. The molecule has 0 aliphatic carbocycles. The SMILES string of the molecule is Cc1ccc(S(=O)(=O)NCCN2CCCC(C)C2)cc1. The molecule has 0 amide bonds. The van der Waals surface area contributed by atoms with E-state index in [0.717, 1.165) is 31.1 Å². The lowest BCUT2D eigenvalue weighted by atomic mass is 10.0. The van der Waals surface area contributed by atoms with Gasteiger partial charge in [-0.3, -0.25) is 0 Å². The zero-order valence-corrected chi connectivity index (χ0v) is 13.1. The van der Waals surface area contributed by atoms with E-state index in [2.05, 4.69) is 16.5 Å². The molecular weight excluding hydrogens is 272 g/mol. The molecule has 5 heteroatoms. The Labute approximate surface area is 122 Å². The molecule has 0 spiro atoms. The van der Waals surface area contributed by atoms with E-state index in [1.165, 1.54) is 12.8 Å². The zero-order chi connectivity index (χ0) is 14.6. The van der Waals surface area contributed by atoms with E-state index >= 15 is 0 Å². The molecule has 1 aromatic rings. The normalized spacial score (nSPS) is 21.0. The summed E-state index contributed by atoms with van der Waals surface area (Å²) in [4.78, 5) is 2.68. The van der Waals surface area contributed by atoms with Gasteiger partial charge in [0, 0.05) is 19.6 Å². The second-order valence-corrected chi connectivity index (χ2v) is 7.53.